The predicted octanol–water partition coefficient (Wildman–Crippen LogP) is 2.65. The van der Waals surface area contributed by atoms with Gasteiger partial charge in [0.25, 0.3) is 0 Å². The Balaban J connectivity index is 1.95. The third-order valence-corrected chi connectivity index (χ3v) is 4.49. The molecule has 102 valence electrons. The normalized spacial score (nSPS) is 33.1. The highest BCUT2D eigenvalue weighted by Crippen LogP contribution is 2.46. The van der Waals surface area contributed by atoms with E-state index in [9.17, 15) is 0 Å². The monoisotopic (exact) mass is 251 g/mol. The minimum absolute atomic E-state index is 0.247. The first-order valence-electron chi connectivity index (χ1n) is 6.98. The SMILES string of the molecule is CCOC1CC(NC(C)c2ncc[nH]2)C1(C)CC. The van der Waals surface area contributed by atoms with Crippen molar-refractivity contribution in [1.29, 1.82) is 0 Å². The van der Waals surface area contributed by atoms with Gasteiger partial charge in [-0.3, -0.25) is 0 Å². The lowest BCUT2D eigenvalue weighted by molar-refractivity contribution is -0.128. The molecule has 4 nitrogen and oxygen atoms in total. The van der Waals surface area contributed by atoms with Crippen LogP contribution in [0.2, 0.25) is 0 Å². The van der Waals surface area contributed by atoms with Crippen LogP contribution in [0.5, 0.6) is 0 Å². The van der Waals surface area contributed by atoms with Gasteiger partial charge in [-0.25, -0.2) is 4.98 Å². The molecule has 0 amide bonds. The summed E-state index contributed by atoms with van der Waals surface area (Å²) in [6.07, 6.45) is 6.31. The molecule has 0 radical (unpaired) electrons. The van der Waals surface area contributed by atoms with Crippen molar-refractivity contribution in [2.24, 2.45) is 5.41 Å². The molecule has 1 heterocycles. The molecule has 1 aromatic heterocycles. The molecule has 1 aliphatic carbocycles. The Kier molecular flexibility index (Phi) is 4.07. The molecule has 0 aromatic carbocycles. The zero-order valence-corrected chi connectivity index (χ0v) is 11.9. The number of ether oxygens (including phenoxy) is 1. The van der Waals surface area contributed by atoms with Crippen LogP contribution in [0.4, 0.5) is 0 Å². The lowest BCUT2D eigenvalue weighted by Crippen LogP contribution is -2.62. The lowest BCUT2D eigenvalue weighted by Gasteiger charge is -2.54. The maximum absolute atomic E-state index is 5.82. The largest absolute Gasteiger partial charge is 0.378 e. The van der Waals surface area contributed by atoms with Gasteiger partial charge in [-0.15, -0.1) is 0 Å². The first-order valence-corrected chi connectivity index (χ1v) is 6.98. The molecule has 1 fully saturated rings. The molecule has 0 bridgehead atoms. The van der Waals surface area contributed by atoms with Crippen molar-refractivity contribution < 1.29 is 4.74 Å². The summed E-state index contributed by atoms with van der Waals surface area (Å²) >= 11 is 0. The minimum atomic E-state index is 0.247. The number of hydrogen-bond acceptors (Lipinski definition) is 3. The van der Waals surface area contributed by atoms with Gasteiger partial charge in [-0.2, -0.15) is 0 Å². The van der Waals surface area contributed by atoms with Crippen LogP contribution in [0, 0.1) is 5.41 Å². The fourth-order valence-electron chi connectivity index (χ4n) is 2.90. The third-order valence-electron chi connectivity index (χ3n) is 4.49. The fraction of sp³-hybridized carbons (Fsp3) is 0.786. The summed E-state index contributed by atoms with van der Waals surface area (Å²) in [4.78, 5) is 7.47. The Morgan fingerprint density at radius 1 is 1.61 bits per heavy atom. The van der Waals surface area contributed by atoms with E-state index in [1.165, 1.54) is 0 Å². The van der Waals surface area contributed by atoms with Gasteiger partial charge in [0, 0.05) is 30.5 Å². The zero-order valence-electron chi connectivity index (χ0n) is 11.9. The van der Waals surface area contributed by atoms with E-state index < -0.39 is 0 Å². The highest BCUT2D eigenvalue weighted by atomic mass is 16.5. The average Bonchev–Trinajstić information content (AvgIpc) is 2.90. The van der Waals surface area contributed by atoms with Gasteiger partial charge in [0.2, 0.25) is 0 Å². The van der Waals surface area contributed by atoms with Crippen molar-refractivity contribution in [2.45, 2.75) is 58.7 Å². The van der Waals surface area contributed by atoms with E-state index >= 15 is 0 Å². The second-order valence-electron chi connectivity index (χ2n) is 5.45. The van der Waals surface area contributed by atoms with Crippen molar-refractivity contribution in [3.8, 4) is 0 Å². The van der Waals surface area contributed by atoms with Gasteiger partial charge in [-0.05, 0) is 26.7 Å². The first kappa shape index (κ1) is 13.6. The highest BCUT2D eigenvalue weighted by molar-refractivity contribution is 5.07. The van der Waals surface area contributed by atoms with Crippen LogP contribution in [-0.4, -0.2) is 28.7 Å². The van der Waals surface area contributed by atoms with Crippen molar-refractivity contribution in [3.63, 3.8) is 0 Å². The number of hydrogen-bond donors (Lipinski definition) is 2. The molecule has 4 heteroatoms. The summed E-state index contributed by atoms with van der Waals surface area (Å²) in [7, 11) is 0. The Labute approximate surface area is 110 Å². The van der Waals surface area contributed by atoms with Crippen LogP contribution in [0.3, 0.4) is 0 Å². The van der Waals surface area contributed by atoms with Crippen molar-refractivity contribution in [1.82, 2.24) is 15.3 Å². The van der Waals surface area contributed by atoms with E-state index in [0.29, 0.717) is 12.1 Å². The van der Waals surface area contributed by atoms with Gasteiger partial charge in [-0.1, -0.05) is 13.8 Å². The maximum Gasteiger partial charge on any atom is 0.122 e. The fourth-order valence-corrected chi connectivity index (χ4v) is 2.90. The predicted molar refractivity (Wildman–Crippen MR) is 72.4 cm³/mol. The molecule has 1 aromatic rings. The smallest absolute Gasteiger partial charge is 0.122 e. The number of imidazole rings is 1. The second-order valence-corrected chi connectivity index (χ2v) is 5.45. The summed E-state index contributed by atoms with van der Waals surface area (Å²) in [6.45, 7) is 9.60. The summed E-state index contributed by atoms with van der Waals surface area (Å²) in [5.74, 6) is 1.01. The molecule has 1 saturated carbocycles. The highest BCUT2D eigenvalue weighted by Gasteiger charge is 2.51. The Hall–Kier alpha value is -0.870. The van der Waals surface area contributed by atoms with Crippen LogP contribution in [0.1, 0.15) is 52.4 Å². The summed E-state index contributed by atoms with van der Waals surface area (Å²) < 4.78 is 5.82. The molecule has 2 N–H and O–H groups in total. The number of nitrogens with one attached hydrogen (secondary N) is 2. The molecular weight excluding hydrogens is 226 g/mol. The number of nitrogens with zero attached hydrogens (tertiary/aromatic N) is 1. The molecule has 1 aliphatic rings. The Bertz CT molecular complexity index is 365. The van der Waals surface area contributed by atoms with E-state index in [-0.39, 0.29) is 11.5 Å². The van der Waals surface area contributed by atoms with Gasteiger partial charge in [0.1, 0.15) is 5.82 Å². The Morgan fingerprint density at radius 2 is 2.39 bits per heavy atom. The van der Waals surface area contributed by atoms with E-state index in [4.69, 9.17) is 4.74 Å². The quantitative estimate of drug-likeness (QED) is 0.817. The number of aromatic amines is 1. The topological polar surface area (TPSA) is 49.9 Å². The number of H-pyrrole nitrogens is 1. The Morgan fingerprint density at radius 3 is 2.94 bits per heavy atom. The molecule has 0 aliphatic heterocycles. The van der Waals surface area contributed by atoms with Crippen molar-refractivity contribution in [3.05, 3.63) is 18.2 Å². The second kappa shape index (κ2) is 5.41. The van der Waals surface area contributed by atoms with Crippen molar-refractivity contribution in [2.75, 3.05) is 6.61 Å². The standard InChI is InChI=1S/C14H25N3O/c1-5-14(4)11(9-12(14)18-6-2)17-10(3)13-15-7-8-16-13/h7-8,10-12,17H,5-6,9H2,1-4H3,(H,15,16). The molecule has 0 spiro atoms. The van der Waals surface area contributed by atoms with Crippen LogP contribution >= 0.6 is 0 Å². The van der Waals surface area contributed by atoms with E-state index in [1.54, 1.807) is 6.20 Å². The molecule has 18 heavy (non-hydrogen) atoms. The molecule has 4 atom stereocenters. The minimum Gasteiger partial charge on any atom is -0.378 e. The summed E-state index contributed by atoms with van der Waals surface area (Å²) in [6, 6.07) is 0.776. The molecular formula is C14H25N3O. The molecule has 4 unspecified atom stereocenters. The van der Waals surface area contributed by atoms with Gasteiger partial charge >= 0.3 is 0 Å². The summed E-state index contributed by atoms with van der Waals surface area (Å²) in [5, 5.41) is 3.67. The zero-order chi connectivity index (χ0) is 13.2. The average molecular weight is 251 g/mol. The van der Waals surface area contributed by atoms with Crippen LogP contribution in [0.25, 0.3) is 0 Å². The van der Waals surface area contributed by atoms with Crippen LogP contribution < -0.4 is 5.32 Å². The lowest BCUT2D eigenvalue weighted by atomic mass is 9.61. The summed E-state index contributed by atoms with van der Waals surface area (Å²) in [5.41, 5.74) is 0.247. The molecule has 2 rings (SSSR count). The molecule has 0 saturated heterocycles. The first-order chi connectivity index (χ1) is 8.61. The third kappa shape index (κ3) is 2.31. The van der Waals surface area contributed by atoms with Crippen LogP contribution in [0.15, 0.2) is 12.4 Å². The van der Waals surface area contributed by atoms with E-state index in [2.05, 4.69) is 43.0 Å². The van der Waals surface area contributed by atoms with E-state index in [0.717, 1.165) is 25.3 Å². The van der Waals surface area contributed by atoms with E-state index in [1.807, 2.05) is 6.20 Å². The van der Waals surface area contributed by atoms with Crippen molar-refractivity contribution >= 4 is 0 Å². The number of rotatable bonds is 6. The van der Waals surface area contributed by atoms with Gasteiger partial charge in [0.15, 0.2) is 0 Å². The number of aromatic nitrogens is 2. The van der Waals surface area contributed by atoms with Crippen LogP contribution in [-0.2, 0) is 4.74 Å². The maximum atomic E-state index is 5.82. The van der Waals surface area contributed by atoms with Gasteiger partial charge < -0.3 is 15.0 Å². The van der Waals surface area contributed by atoms with Gasteiger partial charge in [0.05, 0.1) is 12.1 Å².